The van der Waals surface area contributed by atoms with Crippen LogP contribution in [-0.4, -0.2) is 49.5 Å². The van der Waals surface area contributed by atoms with Crippen molar-refractivity contribution in [2.75, 3.05) is 17.1 Å². The summed E-state index contributed by atoms with van der Waals surface area (Å²) in [4.78, 5) is 28.3. The van der Waals surface area contributed by atoms with E-state index in [1.807, 2.05) is 58.9 Å². The smallest absolute Gasteiger partial charge is 0.244 e. The minimum Gasteiger partial charge on any atom is -0.350 e. The topological polar surface area (TPSA) is 86.8 Å². The molecule has 1 atom stereocenters. The molecule has 0 unspecified atom stereocenters. The first-order valence-electron chi connectivity index (χ1n) is 11.2. The zero-order valence-electron chi connectivity index (χ0n) is 20.9. The van der Waals surface area contributed by atoms with Crippen LogP contribution in [-0.2, 0) is 26.2 Å². The lowest BCUT2D eigenvalue weighted by Crippen LogP contribution is -2.55. The molecule has 0 aromatic heterocycles. The van der Waals surface area contributed by atoms with Crippen molar-refractivity contribution in [1.29, 1.82) is 0 Å². The number of nitrogens with one attached hydrogen (secondary N) is 1. The first-order chi connectivity index (χ1) is 16.1. The monoisotopic (exact) mass is 541 g/mol. The van der Waals surface area contributed by atoms with Crippen LogP contribution in [0.15, 0.2) is 42.5 Å². The van der Waals surface area contributed by atoms with Crippen molar-refractivity contribution in [1.82, 2.24) is 10.2 Å². The molecule has 7 nitrogen and oxygen atoms in total. The van der Waals surface area contributed by atoms with Gasteiger partial charge in [-0.15, -0.1) is 0 Å². The SMILES string of the molecule is CC[C@H](C(=O)NC(C)(C)C)N(Cc1cccc(C)c1)C(=O)CN(c1ccc(Cl)cc1Cl)S(C)(=O)=O. The summed E-state index contributed by atoms with van der Waals surface area (Å²) in [7, 11) is -3.89. The standard InChI is InChI=1S/C25H33Cl2N3O4S/c1-7-21(24(32)28-25(3,4)5)29(15-18-10-8-9-17(2)13-18)23(31)16-30(35(6,33)34)22-12-11-19(26)14-20(22)27/h8-14,21H,7,15-16H2,1-6H3,(H,28,32)/t21-/m1/s1. The molecule has 0 aliphatic heterocycles. The molecule has 2 aromatic carbocycles. The second-order valence-electron chi connectivity index (χ2n) is 9.54. The molecular formula is C25H33Cl2N3O4S. The summed E-state index contributed by atoms with van der Waals surface area (Å²) in [5.74, 6) is -0.838. The molecule has 0 aliphatic rings. The number of rotatable bonds is 9. The van der Waals surface area contributed by atoms with E-state index in [-0.39, 0.29) is 23.2 Å². The van der Waals surface area contributed by atoms with Gasteiger partial charge in [-0.05, 0) is 57.9 Å². The maximum Gasteiger partial charge on any atom is 0.244 e. The van der Waals surface area contributed by atoms with Crippen LogP contribution in [0.5, 0.6) is 0 Å². The van der Waals surface area contributed by atoms with Gasteiger partial charge in [0, 0.05) is 17.1 Å². The maximum atomic E-state index is 13.7. The van der Waals surface area contributed by atoms with E-state index in [1.165, 1.54) is 23.1 Å². The number of anilines is 1. The number of carbonyl (C=O) groups is 2. The molecule has 1 N–H and O–H groups in total. The van der Waals surface area contributed by atoms with Crippen molar-refractivity contribution in [3.63, 3.8) is 0 Å². The Labute approximate surface area is 218 Å². The van der Waals surface area contributed by atoms with Crippen LogP contribution < -0.4 is 9.62 Å². The van der Waals surface area contributed by atoms with Crippen molar-refractivity contribution in [2.45, 2.75) is 59.2 Å². The summed E-state index contributed by atoms with van der Waals surface area (Å²) in [5, 5.41) is 3.37. The second-order valence-corrected chi connectivity index (χ2v) is 12.3. The Morgan fingerprint density at radius 2 is 1.74 bits per heavy atom. The van der Waals surface area contributed by atoms with Gasteiger partial charge in [0.05, 0.1) is 17.0 Å². The van der Waals surface area contributed by atoms with Gasteiger partial charge in [-0.25, -0.2) is 8.42 Å². The van der Waals surface area contributed by atoms with Gasteiger partial charge in [0.1, 0.15) is 12.6 Å². The Bertz CT molecular complexity index is 1180. The van der Waals surface area contributed by atoms with Gasteiger partial charge in [0.25, 0.3) is 0 Å². The van der Waals surface area contributed by atoms with E-state index in [0.717, 1.165) is 21.7 Å². The van der Waals surface area contributed by atoms with Gasteiger partial charge in [0.2, 0.25) is 21.8 Å². The first kappa shape index (κ1) is 28.9. The van der Waals surface area contributed by atoms with Crippen LogP contribution in [0.4, 0.5) is 5.69 Å². The Balaban J connectivity index is 2.49. The predicted octanol–water partition coefficient (Wildman–Crippen LogP) is 4.79. The molecular weight excluding hydrogens is 509 g/mol. The number of sulfonamides is 1. The molecule has 35 heavy (non-hydrogen) atoms. The number of benzene rings is 2. The molecule has 2 rings (SSSR count). The van der Waals surface area contributed by atoms with E-state index in [0.29, 0.717) is 11.4 Å². The molecule has 0 spiro atoms. The predicted molar refractivity (Wildman–Crippen MR) is 142 cm³/mol. The van der Waals surface area contributed by atoms with Gasteiger partial charge in [0.15, 0.2) is 0 Å². The summed E-state index contributed by atoms with van der Waals surface area (Å²) in [6.45, 7) is 8.95. The van der Waals surface area contributed by atoms with Crippen LogP contribution in [0.2, 0.25) is 10.0 Å². The number of amides is 2. The molecule has 10 heteroatoms. The normalized spacial score (nSPS) is 12.7. The average Bonchev–Trinajstić information content (AvgIpc) is 2.70. The maximum absolute atomic E-state index is 13.7. The fourth-order valence-electron chi connectivity index (χ4n) is 3.66. The molecule has 0 saturated heterocycles. The van der Waals surface area contributed by atoms with Crippen molar-refractivity contribution < 1.29 is 18.0 Å². The largest absolute Gasteiger partial charge is 0.350 e. The molecule has 0 radical (unpaired) electrons. The molecule has 0 heterocycles. The lowest BCUT2D eigenvalue weighted by Gasteiger charge is -2.34. The summed E-state index contributed by atoms with van der Waals surface area (Å²) < 4.78 is 26.3. The van der Waals surface area contributed by atoms with E-state index >= 15 is 0 Å². The number of aryl methyl sites for hydroxylation is 1. The average molecular weight is 543 g/mol. The number of halogens is 2. The van der Waals surface area contributed by atoms with E-state index in [9.17, 15) is 18.0 Å². The van der Waals surface area contributed by atoms with Crippen molar-refractivity contribution in [3.05, 3.63) is 63.6 Å². The summed E-state index contributed by atoms with van der Waals surface area (Å²) in [6.07, 6.45) is 1.35. The van der Waals surface area contributed by atoms with Crippen molar-refractivity contribution in [3.8, 4) is 0 Å². The molecule has 2 amide bonds. The first-order valence-corrected chi connectivity index (χ1v) is 13.8. The fraction of sp³-hybridized carbons (Fsp3) is 0.440. The highest BCUT2D eigenvalue weighted by Crippen LogP contribution is 2.30. The van der Waals surface area contributed by atoms with Crippen LogP contribution in [0, 0.1) is 6.92 Å². The molecule has 0 fully saturated rings. The highest BCUT2D eigenvalue weighted by Gasteiger charge is 2.33. The van der Waals surface area contributed by atoms with Gasteiger partial charge >= 0.3 is 0 Å². The van der Waals surface area contributed by atoms with Gasteiger partial charge in [-0.2, -0.15) is 0 Å². The summed E-state index contributed by atoms with van der Waals surface area (Å²) in [5.41, 5.74) is 1.47. The number of nitrogens with zero attached hydrogens (tertiary/aromatic N) is 2. The molecule has 0 saturated carbocycles. The van der Waals surface area contributed by atoms with Crippen molar-refractivity contribution in [2.24, 2.45) is 0 Å². The van der Waals surface area contributed by atoms with E-state index < -0.39 is 34.1 Å². The van der Waals surface area contributed by atoms with Crippen LogP contribution in [0.3, 0.4) is 0 Å². The molecule has 2 aromatic rings. The Hall–Kier alpha value is -2.29. The third kappa shape index (κ3) is 8.40. The van der Waals surface area contributed by atoms with Gasteiger partial charge in [-0.3, -0.25) is 13.9 Å². The summed E-state index contributed by atoms with van der Waals surface area (Å²) >= 11 is 12.2. The quantitative estimate of drug-likeness (QED) is 0.494. The highest BCUT2D eigenvalue weighted by molar-refractivity contribution is 7.92. The van der Waals surface area contributed by atoms with Crippen molar-refractivity contribution >= 4 is 50.7 Å². The molecule has 0 bridgehead atoms. The Morgan fingerprint density at radius 1 is 1.09 bits per heavy atom. The fourth-order valence-corrected chi connectivity index (χ4v) is 5.08. The van der Waals surface area contributed by atoms with Gasteiger partial charge in [-0.1, -0.05) is 60.0 Å². The van der Waals surface area contributed by atoms with E-state index in [4.69, 9.17) is 23.2 Å². The summed E-state index contributed by atoms with van der Waals surface area (Å²) in [6, 6.07) is 11.2. The third-order valence-corrected chi connectivity index (χ3v) is 6.84. The zero-order chi connectivity index (χ0) is 26.6. The lowest BCUT2D eigenvalue weighted by molar-refractivity contribution is -0.141. The lowest BCUT2D eigenvalue weighted by atomic mass is 10.0. The number of carbonyl (C=O) groups excluding carboxylic acids is 2. The molecule has 0 aliphatic carbocycles. The third-order valence-electron chi connectivity index (χ3n) is 5.18. The Kier molecular flexibility index (Phi) is 9.62. The second kappa shape index (κ2) is 11.6. The van der Waals surface area contributed by atoms with Crippen LogP contribution >= 0.6 is 23.2 Å². The minimum atomic E-state index is -3.89. The zero-order valence-corrected chi connectivity index (χ0v) is 23.3. The number of hydrogen-bond acceptors (Lipinski definition) is 4. The minimum absolute atomic E-state index is 0.0958. The van der Waals surface area contributed by atoms with Crippen LogP contribution in [0.1, 0.15) is 45.2 Å². The highest BCUT2D eigenvalue weighted by atomic mass is 35.5. The van der Waals surface area contributed by atoms with Gasteiger partial charge < -0.3 is 10.2 Å². The molecule has 192 valence electrons. The van der Waals surface area contributed by atoms with E-state index in [1.54, 1.807) is 0 Å². The van der Waals surface area contributed by atoms with E-state index in [2.05, 4.69) is 5.32 Å². The van der Waals surface area contributed by atoms with Crippen LogP contribution in [0.25, 0.3) is 0 Å². The number of hydrogen-bond donors (Lipinski definition) is 1. The Morgan fingerprint density at radius 3 is 2.26 bits per heavy atom.